The van der Waals surface area contributed by atoms with E-state index in [4.69, 9.17) is 4.74 Å². The first kappa shape index (κ1) is 14.7. The molecule has 0 radical (unpaired) electrons. The summed E-state index contributed by atoms with van der Waals surface area (Å²) < 4.78 is 5.86. The highest BCUT2D eigenvalue weighted by Gasteiger charge is 2.56. The number of likely N-dealkylation sites (tertiary alicyclic amines) is 1. The van der Waals surface area contributed by atoms with Crippen LogP contribution in [0.4, 0.5) is 0 Å². The summed E-state index contributed by atoms with van der Waals surface area (Å²) in [6, 6.07) is 0. The van der Waals surface area contributed by atoms with E-state index >= 15 is 0 Å². The fraction of sp³-hybridized carbons (Fsp3) is 0.842. The first-order chi connectivity index (χ1) is 10.6. The average molecular weight is 304 g/mol. The van der Waals surface area contributed by atoms with Crippen LogP contribution >= 0.6 is 0 Å². The van der Waals surface area contributed by atoms with Gasteiger partial charge in [0.1, 0.15) is 12.0 Å². The van der Waals surface area contributed by atoms with Crippen LogP contribution in [0.3, 0.4) is 0 Å². The predicted molar refractivity (Wildman–Crippen MR) is 85.5 cm³/mol. The monoisotopic (exact) mass is 304 g/mol. The van der Waals surface area contributed by atoms with Crippen LogP contribution < -0.4 is 4.90 Å². The molecule has 122 valence electrons. The molecule has 0 aromatic rings. The van der Waals surface area contributed by atoms with Gasteiger partial charge in [-0.05, 0) is 43.4 Å². The van der Waals surface area contributed by atoms with Crippen LogP contribution in [0.2, 0.25) is 0 Å². The van der Waals surface area contributed by atoms with E-state index in [1.807, 2.05) is 0 Å². The SMILES string of the molecule is C=C1CCC[C@]2(C)C[C@H]3OC(=O)[C@@H](C[NH+]4CCCC4)[C@H]3C[C@H]12. The smallest absolute Gasteiger partial charge is 0.315 e. The highest BCUT2D eigenvalue weighted by atomic mass is 16.6. The molecular formula is C19H30NO2+. The number of esters is 1. The van der Waals surface area contributed by atoms with Gasteiger partial charge in [-0.1, -0.05) is 19.1 Å². The van der Waals surface area contributed by atoms with Crippen LogP contribution in [0.1, 0.15) is 51.9 Å². The van der Waals surface area contributed by atoms with Gasteiger partial charge in [0.05, 0.1) is 19.6 Å². The van der Waals surface area contributed by atoms with Crippen LogP contribution in [0.5, 0.6) is 0 Å². The van der Waals surface area contributed by atoms with Crippen molar-refractivity contribution in [1.29, 1.82) is 0 Å². The molecule has 0 spiro atoms. The van der Waals surface area contributed by atoms with Gasteiger partial charge in [0.15, 0.2) is 0 Å². The maximum Gasteiger partial charge on any atom is 0.315 e. The predicted octanol–water partition coefficient (Wildman–Crippen LogP) is 1.98. The largest absolute Gasteiger partial charge is 0.462 e. The fourth-order valence-electron chi connectivity index (χ4n) is 5.88. The Morgan fingerprint density at radius 1 is 1.32 bits per heavy atom. The van der Waals surface area contributed by atoms with Crippen LogP contribution in [0, 0.1) is 23.2 Å². The fourth-order valence-corrected chi connectivity index (χ4v) is 5.88. The van der Waals surface area contributed by atoms with Gasteiger partial charge >= 0.3 is 5.97 Å². The zero-order valence-electron chi connectivity index (χ0n) is 13.9. The van der Waals surface area contributed by atoms with Gasteiger partial charge in [0.2, 0.25) is 0 Å². The van der Waals surface area contributed by atoms with E-state index in [0.717, 1.165) is 19.4 Å². The molecule has 2 heterocycles. The average Bonchev–Trinajstić information content (AvgIpc) is 3.06. The van der Waals surface area contributed by atoms with Crippen molar-refractivity contribution in [3.05, 3.63) is 12.2 Å². The number of quaternary nitrogens is 1. The van der Waals surface area contributed by atoms with E-state index in [9.17, 15) is 4.79 Å². The maximum atomic E-state index is 12.5. The summed E-state index contributed by atoms with van der Waals surface area (Å²) in [5, 5.41) is 0. The van der Waals surface area contributed by atoms with E-state index in [1.165, 1.54) is 50.8 Å². The molecule has 2 aliphatic carbocycles. The van der Waals surface area contributed by atoms with Crippen molar-refractivity contribution < 1.29 is 14.4 Å². The van der Waals surface area contributed by atoms with Crippen LogP contribution in [-0.4, -0.2) is 31.7 Å². The van der Waals surface area contributed by atoms with Gasteiger partial charge in [0, 0.05) is 18.8 Å². The van der Waals surface area contributed by atoms with Crippen molar-refractivity contribution >= 4 is 5.97 Å². The molecule has 2 saturated carbocycles. The van der Waals surface area contributed by atoms with Gasteiger partial charge in [0.25, 0.3) is 0 Å². The summed E-state index contributed by atoms with van der Waals surface area (Å²) in [4.78, 5) is 14.1. The van der Waals surface area contributed by atoms with E-state index in [-0.39, 0.29) is 18.0 Å². The summed E-state index contributed by atoms with van der Waals surface area (Å²) in [6.07, 6.45) is 8.77. The third-order valence-electron chi connectivity index (χ3n) is 7.14. The molecule has 3 nitrogen and oxygen atoms in total. The number of carbonyl (C=O) groups excluding carboxylic acids is 1. The standard InChI is InChI=1S/C19H29NO2/c1-13-6-5-7-19(2)11-17-14(10-16(13)19)15(18(21)22-17)12-20-8-3-4-9-20/h14-17H,1,3-12H2,2H3/p+1/t14-,15+,16-,17-,19-/m1/s1. The molecule has 0 aromatic heterocycles. The number of fused-ring (bicyclic) bond motifs is 2. The molecule has 22 heavy (non-hydrogen) atoms. The molecule has 4 rings (SSSR count). The third kappa shape index (κ3) is 2.33. The van der Waals surface area contributed by atoms with Crippen molar-refractivity contribution in [2.45, 2.75) is 58.0 Å². The van der Waals surface area contributed by atoms with Gasteiger partial charge in [-0.15, -0.1) is 0 Å². The number of rotatable bonds is 2. The third-order valence-corrected chi connectivity index (χ3v) is 7.14. The highest BCUT2D eigenvalue weighted by Crippen LogP contribution is 2.56. The van der Waals surface area contributed by atoms with Crippen LogP contribution in [0.15, 0.2) is 12.2 Å². The molecule has 0 amide bonds. The van der Waals surface area contributed by atoms with E-state index in [0.29, 0.717) is 17.3 Å². The van der Waals surface area contributed by atoms with Crippen molar-refractivity contribution in [3.63, 3.8) is 0 Å². The van der Waals surface area contributed by atoms with Crippen LogP contribution in [0.25, 0.3) is 0 Å². The molecule has 2 aliphatic heterocycles. The molecule has 0 unspecified atom stereocenters. The number of ether oxygens (including phenoxy) is 1. The topological polar surface area (TPSA) is 30.7 Å². The normalized spacial score (nSPS) is 45.5. The highest BCUT2D eigenvalue weighted by molar-refractivity contribution is 5.75. The number of allylic oxidation sites excluding steroid dienone is 1. The lowest BCUT2D eigenvalue weighted by Gasteiger charge is -2.50. The second kappa shape index (κ2) is 5.36. The molecule has 0 bridgehead atoms. The molecular weight excluding hydrogens is 274 g/mol. The molecule has 5 atom stereocenters. The summed E-state index contributed by atoms with van der Waals surface area (Å²) in [6.45, 7) is 10.3. The Bertz CT molecular complexity index is 482. The van der Waals surface area contributed by atoms with E-state index < -0.39 is 0 Å². The molecule has 0 aromatic carbocycles. The Kier molecular flexibility index (Phi) is 3.60. The number of hydrogen-bond donors (Lipinski definition) is 1. The van der Waals surface area contributed by atoms with Gasteiger partial charge in [-0.25, -0.2) is 0 Å². The first-order valence-electron chi connectivity index (χ1n) is 9.28. The molecule has 4 fully saturated rings. The number of carbonyl (C=O) groups is 1. The Hall–Kier alpha value is -0.830. The lowest BCUT2D eigenvalue weighted by atomic mass is 9.55. The summed E-state index contributed by atoms with van der Waals surface area (Å²) in [7, 11) is 0. The van der Waals surface area contributed by atoms with Crippen molar-refractivity contribution in [2.75, 3.05) is 19.6 Å². The van der Waals surface area contributed by atoms with Crippen molar-refractivity contribution in [3.8, 4) is 0 Å². The Labute approximate surface area is 134 Å². The summed E-state index contributed by atoms with van der Waals surface area (Å²) in [5.41, 5.74) is 1.77. The molecule has 3 heteroatoms. The minimum atomic E-state index is 0.0993. The quantitative estimate of drug-likeness (QED) is 0.625. The molecule has 1 N–H and O–H groups in total. The Morgan fingerprint density at radius 3 is 2.86 bits per heavy atom. The van der Waals surface area contributed by atoms with Gasteiger partial charge in [-0.3, -0.25) is 4.79 Å². The lowest BCUT2D eigenvalue weighted by molar-refractivity contribution is -0.890. The second-order valence-corrected chi connectivity index (χ2v) is 8.57. The molecule has 4 aliphatic rings. The van der Waals surface area contributed by atoms with E-state index in [1.54, 1.807) is 4.90 Å². The Balaban J connectivity index is 1.53. The number of hydrogen-bond acceptors (Lipinski definition) is 2. The van der Waals surface area contributed by atoms with Crippen molar-refractivity contribution in [2.24, 2.45) is 23.2 Å². The minimum absolute atomic E-state index is 0.0993. The number of nitrogens with one attached hydrogen (secondary N) is 1. The lowest BCUT2D eigenvalue weighted by Crippen LogP contribution is -3.10. The van der Waals surface area contributed by atoms with Gasteiger partial charge < -0.3 is 9.64 Å². The first-order valence-corrected chi connectivity index (χ1v) is 9.28. The summed E-state index contributed by atoms with van der Waals surface area (Å²) in [5.74, 6) is 1.32. The zero-order valence-corrected chi connectivity index (χ0v) is 13.9. The van der Waals surface area contributed by atoms with Gasteiger partial charge in [-0.2, -0.15) is 0 Å². The minimum Gasteiger partial charge on any atom is -0.462 e. The Morgan fingerprint density at radius 2 is 2.09 bits per heavy atom. The zero-order chi connectivity index (χ0) is 15.3. The van der Waals surface area contributed by atoms with Crippen molar-refractivity contribution in [1.82, 2.24) is 0 Å². The second-order valence-electron chi connectivity index (χ2n) is 8.57. The van der Waals surface area contributed by atoms with E-state index in [2.05, 4.69) is 13.5 Å². The molecule has 2 saturated heterocycles. The maximum absolute atomic E-state index is 12.5. The summed E-state index contributed by atoms with van der Waals surface area (Å²) >= 11 is 0. The van der Waals surface area contributed by atoms with Crippen LogP contribution in [-0.2, 0) is 9.53 Å².